The minimum absolute atomic E-state index is 0.0250. The molecule has 0 aromatic heterocycles. The van der Waals surface area contributed by atoms with Gasteiger partial charge >= 0.3 is 5.97 Å². The Bertz CT molecular complexity index is 735. The number of benzene rings is 1. The summed E-state index contributed by atoms with van der Waals surface area (Å²) in [6.07, 6.45) is 8.98. The van der Waals surface area contributed by atoms with E-state index >= 15 is 0 Å². The molecule has 0 saturated carbocycles. The lowest BCUT2D eigenvalue weighted by atomic mass is 9.95. The van der Waals surface area contributed by atoms with Gasteiger partial charge in [0.2, 0.25) is 0 Å². The fraction of sp³-hybridized carbons (Fsp3) is 0.263. The molecule has 1 aromatic rings. The highest BCUT2D eigenvalue weighted by atomic mass is 35.5. The molecule has 0 bridgehead atoms. The molecular weight excluding hydrogens is 363 g/mol. The molecule has 1 aromatic carbocycles. The summed E-state index contributed by atoms with van der Waals surface area (Å²) in [5.74, 6) is -0.137. The van der Waals surface area contributed by atoms with Gasteiger partial charge in [0.15, 0.2) is 12.4 Å². The van der Waals surface area contributed by atoms with Gasteiger partial charge in [-0.1, -0.05) is 41.4 Å². The third-order valence-corrected chi connectivity index (χ3v) is 4.22. The Morgan fingerprint density at radius 1 is 1.28 bits per heavy atom. The third-order valence-electron chi connectivity index (χ3n) is 3.48. The van der Waals surface area contributed by atoms with Gasteiger partial charge < -0.3 is 9.47 Å². The predicted octanol–water partition coefficient (Wildman–Crippen LogP) is 4.62. The van der Waals surface area contributed by atoms with Crippen LogP contribution >= 0.6 is 23.2 Å². The molecule has 0 heterocycles. The summed E-state index contributed by atoms with van der Waals surface area (Å²) in [6.45, 7) is 1.91. The maximum absolute atomic E-state index is 12.2. The van der Waals surface area contributed by atoms with Crippen molar-refractivity contribution in [3.05, 3.63) is 63.9 Å². The second-order valence-electron chi connectivity index (χ2n) is 5.31. The molecule has 1 aliphatic rings. The number of esters is 1. The summed E-state index contributed by atoms with van der Waals surface area (Å²) in [5, 5.41) is 0.918. The average molecular weight is 381 g/mol. The number of allylic oxidation sites excluding steroid dienone is 4. The molecule has 0 N–H and O–H groups in total. The number of hydrogen-bond acceptors (Lipinski definition) is 4. The smallest absolute Gasteiger partial charge is 0.344 e. The van der Waals surface area contributed by atoms with E-state index in [0.29, 0.717) is 28.8 Å². The molecule has 1 unspecified atom stereocenters. The second kappa shape index (κ2) is 9.44. The van der Waals surface area contributed by atoms with E-state index in [2.05, 4.69) is 0 Å². The van der Waals surface area contributed by atoms with Crippen LogP contribution in [0.3, 0.4) is 0 Å². The van der Waals surface area contributed by atoms with Crippen molar-refractivity contribution in [2.24, 2.45) is 5.92 Å². The van der Waals surface area contributed by atoms with E-state index in [-0.39, 0.29) is 18.3 Å². The van der Waals surface area contributed by atoms with Crippen LogP contribution in [0.2, 0.25) is 10.0 Å². The van der Waals surface area contributed by atoms with E-state index in [9.17, 15) is 9.59 Å². The SMILES string of the molecule is CCOC(=O)COC1=CCC(C(=O)C=Cc2ccc(Cl)c(Cl)c2)C=C1. The number of carbonyl (C=O) groups is 2. The first-order valence-corrected chi connectivity index (χ1v) is 8.59. The maximum Gasteiger partial charge on any atom is 0.344 e. The van der Waals surface area contributed by atoms with Crippen molar-refractivity contribution < 1.29 is 19.1 Å². The molecule has 0 aliphatic heterocycles. The third kappa shape index (κ3) is 6.07. The molecule has 6 heteroatoms. The van der Waals surface area contributed by atoms with Gasteiger partial charge in [-0.2, -0.15) is 0 Å². The van der Waals surface area contributed by atoms with Crippen LogP contribution in [0.25, 0.3) is 6.08 Å². The fourth-order valence-corrected chi connectivity index (χ4v) is 2.49. The van der Waals surface area contributed by atoms with Gasteiger partial charge in [0, 0.05) is 5.92 Å². The van der Waals surface area contributed by atoms with Crippen LogP contribution in [0.4, 0.5) is 0 Å². The van der Waals surface area contributed by atoms with Gasteiger partial charge in [-0.25, -0.2) is 4.79 Å². The van der Waals surface area contributed by atoms with Crippen LogP contribution in [0.5, 0.6) is 0 Å². The van der Waals surface area contributed by atoms with Gasteiger partial charge in [-0.15, -0.1) is 0 Å². The Hall–Kier alpha value is -2.04. The van der Waals surface area contributed by atoms with E-state index in [0.717, 1.165) is 5.56 Å². The van der Waals surface area contributed by atoms with Crippen LogP contribution in [-0.4, -0.2) is 25.0 Å². The average Bonchev–Trinajstić information content (AvgIpc) is 2.61. The number of halogens is 2. The lowest BCUT2D eigenvalue weighted by Gasteiger charge is -2.14. The minimum Gasteiger partial charge on any atom is -0.482 e. The van der Waals surface area contributed by atoms with Gasteiger partial charge in [0.25, 0.3) is 0 Å². The largest absolute Gasteiger partial charge is 0.482 e. The summed E-state index contributed by atoms with van der Waals surface area (Å²) in [5.41, 5.74) is 0.802. The highest BCUT2D eigenvalue weighted by molar-refractivity contribution is 6.42. The van der Waals surface area contributed by atoms with E-state index in [1.165, 1.54) is 6.08 Å². The molecule has 0 radical (unpaired) electrons. The zero-order valence-corrected chi connectivity index (χ0v) is 15.2. The first kappa shape index (κ1) is 19.3. The molecule has 132 valence electrons. The van der Waals surface area contributed by atoms with E-state index in [1.807, 2.05) is 0 Å². The number of rotatable bonds is 7. The Morgan fingerprint density at radius 2 is 2.08 bits per heavy atom. The number of ether oxygens (including phenoxy) is 2. The molecule has 2 rings (SSSR count). The Morgan fingerprint density at radius 3 is 2.72 bits per heavy atom. The van der Waals surface area contributed by atoms with Gasteiger partial charge in [-0.3, -0.25) is 4.79 Å². The molecule has 0 fully saturated rings. The Labute approximate surface area is 156 Å². The topological polar surface area (TPSA) is 52.6 Å². The number of carbonyl (C=O) groups excluding carboxylic acids is 2. The number of hydrogen-bond donors (Lipinski definition) is 0. The van der Waals surface area contributed by atoms with E-state index < -0.39 is 5.97 Å². The molecule has 1 aliphatic carbocycles. The summed E-state index contributed by atoms with van der Waals surface area (Å²) >= 11 is 11.8. The van der Waals surface area contributed by atoms with Gasteiger partial charge in [0.05, 0.1) is 16.7 Å². The van der Waals surface area contributed by atoms with E-state index in [1.54, 1.807) is 49.4 Å². The van der Waals surface area contributed by atoms with Crippen LogP contribution in [-0.2, 0) is 19.1 Å². The Balaban J connectivity index is 1.86. The van der Waals surface area contributed by atoms with Crippen LogP contribution in [0.15, 0.2) is 48.3 Å². The summed E-state index contributed by atoms with van der Waals surface area (Å²) in [6, 6.07) is 5.17. The summed E-state index contributed by atoms with van der Waals surface area (Å²) < 4.78 is 10.1. The van der Waals surface area contributed by atoms with Crippen LogP contribution < -0.4 is 0 Å². The van der Waals surface area contributed by atoms with Gasteiger partial charge in [0.1, 0.15) is 5.76 Å². The normalized spacial score (nSPS) is 16.6. The lowest BCUT2D eigenvalue weighted by molar-refractivity contribution is -0.146. The van der Waals surface area contributed by atoms with Crippen molar-refractivity contribution in [3.63, 3.8) is 0 Å². The highest BCUT2D eigenvalue weighted by Crippen LogP contribution is 2.24. The first-order valence-electron chi connectivity index (χ1n) is 7.83. The first-order chi connectivity index (χ1) is 12.0. The molecule has 0 saturated heterocycles. The monoisotopic (exact) mass is 380 g/mol. The van der Waals surface area contributed by atoms with Crippen LogP contribution in [0, 0.1) is 5.92 Å². The summed E-state index contributed by atoms with van der Waals surface area (Å²) in [4.78, 5) is 23.5. The lowest BCUT2D eigenvalue weighted by Crippen LogP contribution is -2.14. The summed E-state index contributed by atoms with van der Waals surface area (Å²) in [7, 11) is 0. The maximum atomic E-state index is 12.2. The molecule has 0 amide bonds. The molecule has 25 heavy (non-hydrogen) atoms. The zero-order valence-electron chi connectivity index (χ0n) is 13.7. The van der Waals surface area contributed by atoms with Crippen molar-refractivity contribution in [2.75, 3.05) is 13.2 Å². The number of ketones is 1. The predicted molar refractivity (Wildman–Crippen MR) is 98.4 cm³/mol. The molecule has 0 spiro atoms. The Kier molecular flexibility index (Phi) is 7.29. The highest BCUT2D eigenvalue weighted by Gasteiger charge is 2.16. The zero-order chi connectivity index (χ0) is 18.2. The van der Waals surface area contributed by atoms with Crippen molar-refractivity contribution in [1.82, 2.24) is 0 Å². The van der Waals surface area contributed by atoms with Crippen LogP contribution in [0.1, 0.15) is 18.9 Å². The molecule has 1 atom stereocenters. The standard InChI is InChI=1S/C19H18Cl2O4/c1-2-24-19(23)12-25-15-7-5-14(6-8-15)18(22)10-4-13-3-9-16(20)17(21)11-13/h3-5,7-11,14H,2,6,12H2,1H3. The molecular formula is C19H18Cl2O4. The van der Waals surface area contributed by atoms with Gasteiger partial charge in [-0.05, 0) is 49.3 Å². The van der Waals surface area contributed by atoms with Crippen molar-refractivity contribution in [2.45, 2.75) is 13.3 Å². The van der Waals surface area contributed by atoms with Crippen molar-refractivity contribution in [3.8, 4) is 0 Å². The minimum atomic E-state index is -0.417. The van der Waals surface area contributed by atoms with E-state index in [4.69, 9.17) is 32.7 Å². The quantitative estimate of drug-likeness (QED) is 0.511. The molecule has 4 nitrogen and oxygen atoms in total. The van der Waals surface area contributed by atoms with Crippen molar-refractivity contribution >= 4 is 41.0 Å². The second-order valence-corrected chi connectivity index (χ2v) is 6.13. The fourth-order valence-electron chi connectivity index (χ4n) is 2.18. The van der Waals surface area contributed by atoms with Crippen molar-refractivity contribution in [1.29, 1.82) is 0 Å².